The first kappa shape index (κ1) is 16.7. The van der Waals surface area contributed by atoms with Gasteiger partial charge in [-0.05, 0) is 27.0 Å². The average Bonchev–Trinajstić information content (AvgIpc) is 2.97. The molecule has 0 aromatic carbocycles. The van der Waals surface area contributed by atoms with Gasteiger partial charge in [0, 0.05) is 49.9 Å². The highest BCUT2D eigenvalue weighted by atomic mass is 15.2. The molecule has 0 radical (unpaired) electrons. The molecule has 3 N–H and O–H groups in total. The van der Waals surface area contributed by atoms with Gasteiger partial charge < -0.3 is 15.5 Å². The van der Waals surface area contributed by atoms with Crippen molar-refractivity contribution in [1.29, 1.82) is 0 Å². The molecule has 2 rings (SSSR count). The molecule has 0 spiro atoms. The molecule has 22 heavy (non-hydrogen) atoms. The van der Waals surface area contributed by atoms with Crippen molar-refractivity contribution < 1.29 is 0 Å². The predicted molar refractivity (Wildman–Crippen MR) is 91.1 cm³/mol. The lowest BCUT2D eigenvalue weighted by atomic mass is 9.99. The van der Waals surface area contributed by atoms with Crippen molar-refractivity contribution >= 4 is 5.84 Å². The highest BCUT2D eigenvalue weighted by Gasteiger charge is 2.19. The molecule has 0 bridgehead atoms. The molecule has 0 fully saturated rings. The van der Waals surface area contributed by atoms with Crippen molar-refractivity contribution in [2.24, 2.45) is 10.7 Å². The Morgan fingerprint density at radius 3 is 2.73 bits per heavy atom. The number of likely N-dealkylation sites (N-methyl/N-ethyl adjacent to an activating group) is 2. The third kappa shape index (κ3) is 3.96. The molecule has 1 aromatic rings. The van der Waals surface area contributed by atoms with Gasteiger partial charge in [0.2, 0.25) is 0 Å². The van der Waals surface area contributed by atoms with E-state index in [1.54, 1.807) is 0 Å². The second-order valence-electron chi connectivity index (χ2n) is 5.67. The number of nitrogens with two attached hydrogens (primary N) is 1. The number of rotatable bonds is 7. The van der Waals surface area contributed by atoms with Gasteiger partial charge in [0.15, 0.2) is 0 Å². The second-order valence-corrected chi connectivity index (χ2v) is 5.67. The zero-order chi connectivity index (χ0) is 15.9. The van der Waals surface area contributed by atoms with Gasteiger partial charge in [-0.1, -0.05) is 6.08 Å². The third-order valence-corrected chi connectivity index (χ3v) is 4.09. The monoisotopic (exact) mass is 304 g/mol. The van der Waals surface area contributed by atoms with Crippen LogP contribution in [0.15, 0.2) is 23.3 Å². The highest BCUT2D eigenvalue weighted by molar-refractivity contribution is 5.93. The number of H-pyrrole nitrogens is 1. The molecule has 6 heteroatoms. The fraction of sp³-hybridized carbons (Fsp3) is 0.625. The Morgan fingerprint density at radius 2 is 2.14 bits per heavy atom. The molecule has 1 unspecified atom stereocenters. The molecular weight excluding hydrogens is 276 g/mol. The van der Waals surface area contributed by atoms with E-state index in [4.69, 9.17) is 10.7 Å². The van der Waals surface area contributed by atoms with Gasteiger partial charge in [0.1, 0.15) is 5.84 Å². The van der Waals surface area contributed by atoms with Crippen molar-refractivity contribution in [1.82, 2.24) is 20.0 Å². The summed E-state index contributed by atoms with van der Waals surface area (Å²) in [4.78, 5) is 9.23. The van der Waals surface area contributed by atoms with E-state index in [2.05, 4.69) is 53.0 Å². The predicted octanol–water partition coefficient (Wildman–Crippen LogP) is 1.19. The lowest BCUT2D eigenvalue weighted by molar-refractivity contribution is 0.335. The van der Waals surface area contributed by atoms with Gasteiger partial charge >= 0.3 is 0 Å². The summed E-state index contributed by atoms with van der Waals surface area (Å²) in [5.74, 6) is 1.37. The highest BCUT2D eigenvalue weighted by Crippen LogP contribution is 2.23. The quantitative estimate of drug-likeness (QED) is 0.794. The Hall–Kier alpha value is -1.66. The standard InChI is InChI=1S/C16H28N6/c1-4-22(5-2)15-7-6-13(10-18-15)16-14(11-19-20-16)12-21(3)9-8-17/h6-7,11,13H,4-5,8-10,12,17H2,1-3H3,(H,19,20). The van der Waals surface area contributed by atoms with Gasteiger partial charge in [-0.15, -0.1) is 0 Å². The Labute approximate surface area is 133 Å². The fourth-order valence-electron chi connectivity index (χ4n) is 2.81. The molecule has 2 heterocycles. The van der Waals surface area contributed by atoms with E-state index < -0.39 is 0 Å². The summed E-state index contributed by atoms with van der Waals surface area (Å²) in [6.07, 6.45) is 6.29. The normalized spacial score (nSPS) is 17.9. The summed E-state index contributed by atoms with van der Waals surface area (Å²) in [5.41, 5.74) is 8.01. The summed E-state index contributed by atoms with van der Waals surface area (Å²) in [5, 5.41) is 7.37. The van der Waals surface area contributed by atoms with E-state index in [-0.39, 0.29) is 5.92 Å². The lowest BCUT2D eigenvalue weighted by Gasteiger charge is -2.25. The van der Waals surface area contributed by atoms with Crippen molar-refractivity contribution in [3.05, 3.63) is 29.6 Å². The summed E-state index contributed by atoms with van der Waals surface area (Å²) in [6, 6.07) is 0. The number of aliphatic imine (C=N–C) groups is 1. The Morgan fingerprint density at radius 1 is 1.36 bits per heavy atom. The van der Waals surface area contributed by atoms with Gasteiger partial charge in [-0.3, -0.25) is 10.1 Å². The maximum atomic E-state index is 5.61. The van der Waals surface area contributed by atoms with Crippen LogP contribution in [-0.2, 0) is 6.54 Å². The smallest absolute Gasteiger partial charge is 0.123 e. The maximum Gasteiger partial charge on any atom is 0.123 e. The molecule has 1 aliphatic heterocycles. The summed E-state index contributed by atoms with van der Waals surface area (Å²) in [6.45, 7) is 9.49. The number of aromatic nitrogens is 2. The first-order chi connectivity index (χ1) is 10.7. The zero-order valence-electron chi connectivity index (χ0n) is 13.9. The minimum Gasteiger partial charge on any atom is -0.357 e. The van der Waals surface area contributed by atoms with Gasteiger partial charge in [0.05, 0.1) is 12.7 Å². The van der Waals surface area contributed by atoms with Crippen molar-refractivity contribution in [3.8, 4) is 0 Å². The summed E-state index contributed by atoms with van der Waals surface area (Å²) >= 11 is 0. The molecular formula is C16H28N6. The van der Waals surface area contributed by atoms with Crippen LogP contribution in [0.4, 0.5) is 0 Å². The third-order valence-electron chi connectivity index (χ3n) is 4.09. The maximum absolute atomic E-state index is 5.61. The number of nitrogens with zero attached hydrogens (tertiary/aromatic N) is 4. The zero-order valence-corrected chi connectivity index (χ0v) is 13.9. The average molecular weight is 304 g/mol. The molecule has 1 aromatic heterocycles. The first-order valence-corrected chi connectivity index (χ1v) is 8.07. The molecule has 0 saturated heterocycles. The van der Waals surface area contributed by atoms with Crippen LogP contribution >= 0.6 is 0 Å². The van der Waals surface area contributed by atoms with E-state index >= 15 is 0 Å². The summed E-state index contributed by atoms with van der Waals surface area (Å²) in [7, 11) is 2.08. The van der Waals surface area contributed by atoms with Crippen molar-refractivity contribution in [3.63, 3.8) is 0 Å². The van der Waals surface area contributed by atoms with E-state index in [0.717, 1.165) is 38.6 Å². The molecule has 122 valence electrons. The molecule has 0 saturated carbocycles. The van der Waals surface area contributed by atoms with Crippen LogP contribution in [0.3, 0.4) is 0 Å². The van der Waals surface area contributed by atoms with E-state index in [1.165, 1.54) is 11.3 Å². The van der Waals surface area contributed by atoms with Crippen LogP contribution < -0.4 is 5.73 Å². The van der Waals surface area contributed by atoms with Gasteiger partial charge in [-0.2, -0.15) is 5.10 Å². The fourth-order valence-corrected chi connectivity index (χ4v) is 2.81. The molecule has 0 aliphatic carbocycles. The molecule has 1 atom stereocenters. The molecule has 0 amide bonds. The largest absolute Gasteiger partial charge is 0.357 e. The molecule has 1 aliphatic rings. The van der Waals surface area contributed by atoms with Crippen LogP contribution in [0.25, 0.3) is 0 Å². The van der Waals surface area contributed by atoms with E-state index in [0.29, 0.717) is 6.54 Å². The lowest BCUT2D eigenvalue weighted by Crippen LogP contribution is -2.31. The number of hydrogen-bond donors (Lipinski definition) is 2. The topological polar surface area (TPSA) is 73.5 Å². The van der Waals surface area contributed by atoms with Crippen LogP contribution in [0.1, 0.15) is 31.0 Å². The number of amidine groups is 1. The van der Waals surface area contributed by atoms with E-state index in [9.17, 15) is 0 Å². The second kappa shape index (κ2) is 8.10. The van der Waals surface area contributed by atoms with Crippen LogP contribution in [0, 0.1) is 0 Å². The summed E-state index contributed by atoms with van der Waals surface area (Å²) < 4.78 is 0. The number of nitrogens with one attached hydrogen (secondary N) is 1. The van der Waals surface area contributed by atoms with Crippen LogP contribution in [0.5, 0.6) is 0 Å². The minimum atomic E-state index is 0.281. The number of hydrogen-bond acceptors (Lipinski definition) is 5. The Balaban J connectivity index is 2.03. The molecule has 6 nitrogen and oxygen atoms in total. The SMILES string of the molecule is CCN(CC)C1=NCC(c2[nH]ncc2CN(C)CCN)C=C1. The van der Waals surface area contributed by atoms with Crippen LogP contribution in [0.2, 0.25) is 0 Å². The Kier molecular flexibility index (Phi) is 6.15. The minimum absolute atomic E-state index is 0.281. The van der Waals surface area contributed by atoms with Crippen LogP contribution in [-0.4, -0.2) is 65.6 Å². The van der Waals surface area contributed by atoms with Gasteiger partial charge in [0.25, 0.3) is 0 Å². The number of dihydropyridines is 1. The van der Waals surface area contributed by atoms with Gasteiger partial charge in [-0.25, -0.2) is 0 Å². The Bertz CT molecular complexity index is 514. The van der Waals surface area contributed by atoms with E-state index in [1.807, 2.05) is 6.20 Å². The first-order valence-electron chi connectivity index (χ1n) is 8.07. The van der Waals surface area contributed by atoms with Crippen molar-refractivity contribution in [2.75, 3.05) is 39.8 Å². The van der Waals surface area contributed by atoms with Crippen molar-refractivity contribution in [2.45, 2.75) is 26.3 Å². The number of aromatic amines is 1.